The van der Waals surface area contributed by atoms with Gasteiger partial charge in [-0.05, 0) is 19.3 Å². The molecule has 0 radical (unpaired) electrons. The van der Waals surface area contributed by atoms with Crippen LogP contribution in [0.2, 0.25) is 0 Å². The third-order valence-electron chi connectivity index (χ3n) is 4.30. The van der Waals surface area contributed by atoms with Crippen molar-refractivity contribution in [1.29, 1.82) is 0 Å². The fourth-order valence-corrected chi connectivity index (χ4v) is 2.89. The summed E-state index contributed by atoms with van der Waals surface area (Å²) in [6.45, 7) is 5.10. The van der Waals surface area contributed by atoms with Crippen molar-refractivity contribution in [3.63, 3.8) is 0 Å². The van der Waals surface area contributed by atoms with Gasteiger partial charge in [-0.15, -0.1) is 0 Å². The van der Waals surface area contributed by atoms with E-state index in [0.29, 0.717) is 6.04 Å². The van der Waals surface area contributed by atoms with Gasteiger partial charge in [0.1, 0.15) is 11.5 Å². The summed E-state index contributed by atoms with van der Waals surface area (Å²) in [5.41, 5.74) is 1.15. The van der Waals surface area contributed by atoms with Crippen LogP contribution >= 0.6 is 0 Å². The highest BCUT2D eigenvalue weighted by atomic mass is 16.5. The first-order chi connectivity index (χ1) is 11.7. The van der Waals surface area contributed by atoms with Gasteiger partial charge >= 0.3 is 0 Å². The molecule has 6 nitrogen and oxygen atoms in total. The number of rotatable bonds is 6. The standard InChI is InChI=1S/C18H30N4O2/c1-5-8-20-18(19-2)21-14-6-9-22(10-7-14)15-11-16(23-3)13-17(12-15)24-4/h11-14H,5-10H2,1-4H3,(H2,19,20,21). The summed E-state index contributed by atoms with van der Waals surface area (Å²) in [6, 6.07) is 6.49. The van der Waals surface area contributed by atoms with Gasteiger partial charge in [0.2, 0.25) is 0 Å². The van der Waals surface area contributed by atoms with Crippen LogP contribution in [0.5, 0.6) is 11.5 Å². The van der Waals surface area contributed by atoms with Crippen molar-refractivity contribution in [2.45, 2.75) is 32.2 Å². The van der Waals surface area contributed by atoms with Gasteiger partial charge < -0.3 is 25.0 Å². The number of anilines is 1. The maximum atomic E-state index is 5.37. The zero-order valence-corrected chi connectivity index (χ0v) is 15.3. The fraction of sp³-hybridized carbons (Fsp3) is 0.611. The van der Waals surface area contributed by atoms with Crippen molar-refractivity contribution >= 4 is 11.6 Å². The largest absolute Gasteiger partial charge is 0.497 e. The molecular weight excluding hydrogens is 304 g/mol. The van der Waals surface area contributed by atoms with E-state index in [2.05, 4.69) is 39.6 Å². The zero-order valence-electron chi connectivity index (χ0n) is 15.3. The Morgan fingerprint density at radius 1 is 1.17 bits per heavy atom. The van der Waals surface area contributed by atoms with Crippen LogP contribution in [-0.2, 0) is 0 Å². The van der Waals surface area contributed by atoms with Gasteiger partial charge in [0.05, 0.1) is 14.2 Å². The summed E-state index contributed by atoms with van der Waals surface area (Å²) < 4.78 is 10.7. The molecule has 1 saturated heterocycles. The van der Waals surface area contributed by atoms with Gasteiger partial charge in [-0.3, -0.25) is 4.99 Å². The average Bonchev–Trinajstić information content (AvgIpc) is 2.65. The summed E-state index contributed by atoms with van der Waals surface area (Å²) in [6.07, 6.45) is 3.25. The summed E-state index contributed by atoms with van der Waals surface area (Å²) in [7, 11) is 5.19. The molecule has 24 heavy (non-hydrogen) atoms. The topological polar surface area (TPSA) is 58.1 Å². The molecule has 1 aliphatic rings. The lowest BCUT2D eigenvalue weighted by atomic mass is 10.0. The van der Waals surface area contributed by atoms with Crippen LogP contribution in [0.15, 0.2) is 23.2 Å². The molecule has 0 atom stereocenters. The van der Waals surface area contributed by atoms with Gasteiger partial charge in [0.15, 0.2) is 5.96 Å². The van der Waals surface area contributed by atoms with E-state index in [1.54, 1.807) is 14.2 Å². The van der Waals surface area contributed by atoms with Gasteiger partial charge in [-0.25, -0.2) is 0 Å². The third-order valence-corrected chi connectivity index (χ3v) is 4.30. The molecule has 0 bridgehead atoms. The SMILES string of the molecule is CCCNC(=NC)NC1CCN(c2cc(OC)cc(OC)c2)CC1. The minimum absolute atomic E-state index is 0.455. The van der Waals surface area contributed by atoms with E-state index < -0.39 is 0 Å². The normalized spacial score (nSPS) is 16.0. The summed E-state index contributed by atoms with van der Waals surface area (Å²) in [4.78, 5) is 6.67. The minimum atomic E-state index is 0.455. The minimum Gasteiger partial charge on any atom is -0.497 e. The predicted octanol–water partition coefficient (Wildman–Crippen LogP) is 2.25. The highest BCUT2D eigenvalue weighted by molar-refractivity contribution is 5.79. The van der Waals surface area contributed by atoms with Crippen molar-refractivity contribution < 1.29 is 9.47 Å². The smallest absolute Gasteiger partial charge is 0.191 e. The van der Waals surface area contributed by atoms with Crippen LogP contribution in [0.4, 0.5) is 5.69 Å². The first kappa shape index (κ1) is 18.2. The molecule has 1 aliphatic heterocycles. The quantitative estimate of drug-likeness (QED) is 0.617. The fourth-order valence-electron chi connectivity index (χ4n) is 2.89. The van der Waals surface area contributed by atoms with E-state index in [0.717, 1.165) is 62.0 Å². The van der Waals surface area contributed by atoms with Crippen LogP contribution in [0.1, 0.15) is 26.2 Å². The van der Waals surface area contributed by atoms with Crippen molar-refractivity contribution in [2.24, 2.45) is 4.99 Å². The highest BCUT2D eigenvalue weighted by Gasteiger charge is 2.21. The maximum absolute atomic E-state index is 5.37. The second-order valence-corrected chi connectivity index (χ2v) is 5.98. The summed E-state index contributed by atoms with van der Waals surface area (Å²) in [5.74, 6) is 2.56. The molecule has 134 valence electrons. The van der Waals surface area contributed by atoms with E-state index in [1.165, 1.54) is 0 Å². The van der Waals surface area contributed by atoms with Crippen LogP contribution in [0.3, 0.4) is 0 Å². The zero-order chi connectivity index (χ0) is 17.4. The monoisotopic (exact) mass is 334 g/mol. The lowest BCUT2D eigenvalue weighted by molar-refractivity contribution is 0.393. The number of hydrogen-bond acceptors (Lipinski definition) is 4. The number of hydrogen-bond donors (Lipinski definition) is 2. The number of aliphatic imine (C=N–C) groups is 1. The average molecular weight is 334 g/mol. The second kappa shape index (κ2) is 9.25. The van der Waals surface area contributed by atoms with Crippen molar-refractivity contribution in [1.82, 2.24) is 10.6 Å². The van der Waals surface area contributed by atoms with Crippen molar-refractivity contribution in [2.75, 3.05) is 45.8 Å². The summed E-state index contributed by atoms with van der Waals surface area (Å²) in [5, 5.41) is 6.85. The first-order valence-electron chi connectivity index (χ1n) is 8.65. The highest BCUT2D eigenvalue weighted by Crippen LogP contribution is 2.30. The van der Waals surface area contributed by atoms with Crippen LogP contribution in [0.25, 0.3) is 0 Å². The van der Waals surface area contributed by atoms with Crippen LogP contribution < -0.4 is 25.0 Å². The molecule has 1 aromatic carbocycles. The molecule has 1 fully saturated rings. The number of methoxy groups -OCH3 is 2. The van der Waals surface area contributed by atoms with Crippen molar-refractivity contribution in [3.8, 4) is 11.5 Å². The van der Waals surface area contributed by atoms with Gasteiger partial charge in [-0.1, -0.05) is 6.92 Å². The molecule has 2 N–H and O–H groups in total. The van der Waals surface area contributed by atoms with E-state index in [-0.39, 0.29) is 0 Å². The van der Waals surface area contributed by atoms with Gasteiger partial charge in [-0.2, -0.15) is 0 Å². The van der Waals surface area contributed by atoms with Crippen molar-refractivity contribution in [3.05, 3.63) is 18.2 Å². The molecule has 0 saturated carbocycles. The number of nitrogens with zero attached hydrogens (tertiary/aromatic N) is 2. The van der Waals surface area contributed by atoms with Crippen LogP contribution in [-0.4, -0.2) is 52.9 Å². The second-order valence-electron chi connectivity index (χ2n) is 5.98. The molecule has 2 rings (SSSR count). The Hall–Kier alpha value is -2.11. The lowest BCUT2D eigenvalue weighted by Gasteiger charge is -2.34. The molecule has 0 unspecified atom stereocenters. The Bertz CT molecular complexity index is 518. The molecule has 1 aromatic rings. The number of nitrogens with one attached hydrogen (secondary N) is 2. The molecule has 0 spiro atoms. The Morgan fingerprint density at radius 3 is 2.29 bits per heavy atom. The predicted molar refractivity (Wildman–Crippen MR) is 99.6 cm³/mol. The Morgan fingerprint density at radius 2 is 1.79 bits per heavy atom. The Balaban J connectivity index is 1.92. The molecule has 1 heterocycles. The molecule has 0 aliphatic carbocycles. The van der Waals surface area contributed by atoms with Gasteiger partial charge in [0.25, 0.3) is 0 Å². The number of benzene rings is 1. The molecule has 0 amide bonds. The van der Waals surface area contributed by atoms with Crippen LogP contribution in [0, 0.1) is 0 Å². The third kappa shape index (κ3) is 4.94. The summed E-state index contributed by atoms with van der Waals surface area (Å²) >= 11 is 0. The Kier molecular flexibility index (Phi) is 7.03. The molecular formula is C18H30N4O2. The first-order valence-corrected chi connectivity index (χ1v) is 8.65. The number of guanidine groups is 1. The van der Waals surface area contributed by atoms with Gasteiger partial charge in [0, 0.05) is 56.6 Å². The van der Waals surface area contributed by atoms with E-state index in [4.69, 9.17) is 9.47 Å². The molecule has 0 aromatic heterocycles. The number of ether oxygens (including phenoxy) is 2. The molecule has 6 heteroatoms. The van der Waals surface area contributed by atoms with E-state index in [1.807, 2.05) is 13.1 Å². The van der Waals surface area contributed by atoms with E-state index >= 15 is 0 Å². The van der Waals surface area contributed by atoms with E-state index in [9.17, 15) is 0 Å². The Labute approximate surface area is 145 Å². The maximum Gasteiger partial charge on any atom is 0.191 e. The lowest BCUT2D eigenvalue weighted by Crippen LogP contribution is -2.48. The number of piperidine rings is 1.